The number of hydrogen-bond donors (Lipinski definition) is 1. The lowest BCUT2D eigenvalue weighted by Gasteiger charge is -2.32. The first-order valence-electron chi connectivity index (χ1n) is 5.98. The van der Waals surface area contributed by atoms with E-state index in [0.717, 1.165) is 38.4 Å². The number of piperidine rings is 1. The summed E-state index contributed by atoms with van der Waals surface area (Å²) in [5.74, 6) is 0.907. The lowest BCUT2D eigenvalue weighted by Crippen LogP contribution is -2.44. The van der Waals surface area contributed by atoms with Crippen molar-refractivity contribution in [3.63, 3.8) is 0 Å². The highest BCUT2D eigenvalue weighted by molar-refractivity contribution is 4.81. The molecule has 0 aromatic rings. The number of rotatable bonds is 5. The van der Waals surface area contributed by atoms with Gasteiger partial charge in [-0.15, -0.1) is 0 Å². The molecule has 1 saturated carbocycles. The van der Waals surface area contributed by atoms with E-state index in [1.165, 1.54) is 12.8 Å². The summed E-state index contributed by atoms with van der Waals surface area (Å²) in [5, 5.41) is 3.54. The van der Waals surface area contributed by atoms with E-state index in [0.29, 0.717) is 6.04 Å². The smallest absolute Gasteiger partial charge is 0.251 e. The summed E-state index contributed by atoms with van der Waals surface area (Å²) in [6.07, 6.45) is 2.62. The Balaban J connectivity index is 1.58. The molecular weight excluding hydrogens is 198 g/mol. The van der Waals surface area contributed by atoms with Crippen LogP contribution < -0.4 is 5.32 Å². The molecule has 2 aliphatic rings. The van der Waals surface area contributed by atoms with Crippen LogP contribution in [0.1, 0.15) is 25.7 Å². The Kier molecular flexibility index (Phi) is 3.92. The zero-order valence-electron chi connectivity index (χ0n) is 9.09. The van der Waals surface area contributed by atoms with Crippen molar-refractivity contribution in [2.24, 2.45) is 5.92 Å². The van der Waals surface area contributed by atoms with Crippen LogP contribution in [-0.2, 0) is 0 Å². The van der Waals surface area contributed by atoms with Crippen LogP contribution in [0.2, 0.25) is 0 Å². The fourth-order valence-electron chi connectivity index (χ4n) is 2.17. The third kappa shape index (κ3) is 4.03. The van der Waals surface area contributed by atoms with Crippen LogP contribution in [0.25, 0.3) is 0 Å². The first-order chi connectivity index (χ1) is 7.24. The normalized spacial score (nSPS) is 25.0. The Bertz CT molecular complexity index is 187. The fourth-order valence-corrected chi connectivity index (χ4v) is 2.17. The van der Waals surface area contributed by atoms with Gasteiger partial charge in [0, 0.05) is 6.04 Å². The van der Waals surface area contributed by atoms with Crippen molar-refractivity contribution < 1.29 is 8.78 Å². The minimum Gasteiger partial charge on any atom is -0.314 e. The van der Waals surface area contributed by atoms with Gasteiger partial charge in [0.15, 0.2) is 0 Å². The largest absolute Gasteiger partial charge is 0.314 e. The summed E-state index contributed by atoms with van der Waals surface area (Å²) in [6.45, 7) is 2.74. The molecule has 4 heteroatoms. The molecule has 0 aromatic heterocycles. The second-order valence-corrected chi connectivity index (χ2v) is 4.82. The zero-order chi connectivity index (χ0) is 10.7. The zero-order valence-corrected chi connectivity index (χ0v) is 9.09. The first kappa shape index (κ1) is 11.3. The predicted molar refractivity (Wildman–Crippen MR) is 56.2 cm³/mol. The summed E-state index contributed by atoms with van der Waals surface area (Å²) < 4.78 is 24.2. The molecule has 2 nitrogen and oxygen atoms in total. The molecular formula is C11H20F2N2. The maximum Gasteiger partial charge on any atom is 0.251 e. The topological polar surface area (TPSA) is 15.3 Å². The van der Waals surface area contributed by atoms with Crippen LogP contribution in [0, 0.1) is 5.92 Å². The molecule has 0 spiro atoms. The van der Waals surface area contributed by atoms with E-state index in [1.54, 1.807) is 0 Å². The van der Waals surface area contributed by atoms with Gasteiger partial charge in [-0.2, -0.15) is 0 Å². The van der Waals surface area contributed by atoms with Gasteiger partial charge in [0.1, 0.15) is 0 Å². The van der Waals surface area contributed by atoms with Gasteiger partial charge >= 0.3 is 0 Å². The second-order valence-electron chi connectivity index (χ2n) is 4.82. The van der Waals surface area contributed by atoms with Gasteiger partial charge in [-0.25, -0.2) is 8.78 Å². The summed E-state index contributed by atoms with van der Waals surface area (Å²) in [5.41, 5.74) is 0. The van der Waals surface area contributed by atoms with Crippen molar-refractivity contribution in [2.75, 3.05) is 26.2 Å². The van der Waals surface area contributed by atoms with Gasteiger partial charge < -0.3 is 5.32 Å². The van der Waals surface area contributed by atoms with Crippen molar-refractivity contribution in [1.29, 1.82) is 0 Å². The number of hydrogen-bond acceptors (Lipinski definition) is 2. The lowest BCUT2D eigenvalue weighted by atomic mass is 10.0. The van der Waals surface area contributed by atoms with E-state index in [2.05, 4.69) is 5.32 Å². The summed E-state index contributed by atoms with van der Waals surface area (Å²) >= 11 is 0. The van der Waals surface area contributed by atoms with Crippen molar-refractivity contribution in [2.45, 2.75) is 38.2 Å². The van der Waals surface area contributed by atoms with Gasteiger partial charge in [0.25, 0.3) is 6.43 Å². The average molecular weight is 218 g/mol. The number of likely N-dealkylation sites (tertiary alicyclic amines) is 1. The molecule has 0 atom stereocenters. The van der Waals surface area contributed by atoms with Crippen LogP contribution in [0.5, 0.6) is 0 Å². The van der Waals surface area contributed by atoms with Crippen molar-refractivity contribution >= 4 is 0 Å². The monoisotopic (exact) mass is 218 g/mol. The molecule has 1 aliphatic heterocycles. The van der Waals surface area contributed by atoms with E-state index in [1.807, 2.05) is 4.90 Å². The van der Waals surface area contributed by atoms with Gasteiger partial charge in [0.05, 0.1) is 6.54 Å². The minimum absolute atomic E-state index is 0.0463. The van der Waals surface area contributed by atoms with Crippen molar-refractivity contribution in [1.82, 2.24) is 10.2 Å². The molecule has 0 aromatic carbocycles. The molecule has 0 unspecified atom stereocenters. The van der Waals surface area contributed by atoms with Gasteiger partial charge in [0.2, 0.25) is 0 Å². The van der Waals surface area contributed by atoms with Gasteiger partial charge in [-0.1, -0.05) is 0 Å². The molecule has 88 valence electrons. The molecule has 0 radical (unpaired) electrons. The van der Waals surface area contributed by atoms with Gasteiger partial charge in [-0.05, 0) is 51.2 Å². The van der Waals surface area contributed by atoms with E-state index in [4.69, 9.17) is 0 Å². The quantitative estimate of drug-likeness (QED) is 0.756. The van der Waals surface area contributed by atoms with Crippen molar-refractivity contribution in [3.05, 3.63) is 0 Å². The van der Waals surface area contributed by atoms with Crippen LogP contribution in [0.15, 0.2) is 0 Å². The highest BCUT2D eigenvalue weighted by Gasteiger charge is 2.24. The van der Waals surface area contributed by atoms with Crippen LogP contribution in [-0.4, -0.2) is 43.5 Å². The van der Waals surface area contributed by atoms with E-state index >= 15 is 0 Å². The van der Waals surface area contributed by atoms with Crippen LogP contribution in [0.3, 0.4) is 0 Å². The van der Waals surface area contributed by atoms with Gasteiger partial charge in [-0.3, -0.25) is 4.90 Å². The molecule has 2 fully saturated rings. The van der Waals surface area contributed by atoms with E-state index < -0.39 is 6.43 Å². The van der Waals surface area contributed by atoms with Crippen LogP contribution >= 0.6 is 0 Å². The molecule has 0 bridgehead atoms. The Hall–Kier alpha value is -0.220. The summed E-state index contributed by atoms with van der Waals surface area (Å²) in [7, 11) is 0. The molecule has 1 saturated heterocycles. The number of nitrogens with zero attached hydrogens (tertiary/aromatic N) is 1. The molecule has 1 heterocycles. The average Bonchev–Trinajstić information content (AvgIpc) is 2.99. The Morgan fingerprint density at radius 1 is 1.13 bits per heavy atom. The SMILES string of the molecule is FC(F)CN1CCC(NCC2CC2)CC1. The highest BCUT2D eigenvalue weighted by Crippen LogP contribution is 2.28. The van der Waals surface area contributed by atoms with Crippen LogP contribution in [0.4, 0.5) is 8.78 Å². The highest BCUT2D eigenvalue weighted by atomic mass is 19.3. The van der Waals surface area contributed by atoms with E-state index in [9.17, 15) is 8.78 Å². The third-order valence-electron chi connectivity index (χ3n) is 3.38. The molecule has 15 heavy (non-hydrogen) atoms. The standard InChI is InChI=1S/C11H20F2N2/c12-11(13)8-15-5-3-10(4-6-15)14-7-9-1-2-9/h9-11,14H,1-8H2. The number of alkyl halides is 2. The maximum absolute atomic E-state index is 12.1. The molecule has 1 aliphatic carbocycles. The minimum atomic E-state index is -2.18. The number of halogens is 2. The molecule has 2 rings (SSSR count). The summed E-state index contributed by atoms with van der Waals surface area (Å²) in [4.78, 5) is 1.87. The van der Waals surface area contributed by atoms with Crippen molar-refractivity contribution in [3.8, 4) is 0 Å². The molecule has 1 N–H and O–H groups in total. The molecule has 0 amide bonds. The Morgan fingerprint density at radius 2 is 1.80 bits per heavy atom. The lowest BCUT2D eigenvalue weighted by molar-refractivity contribution is 0.0730. The van der Waals surface area contributed by atoms with E-state index in [-0.39, 0.29) is 6.54 Å². The maximum atomic E-state index is 12.1. The third-order valence-corrected chi connectivity index (χ3v) is 3.38. The first-order valence-corrected chi connectivity index (χ1v) is 5.98. The summed E-state index contributed by atoms with van der Waals surface area (Å²) in [6, 6.07) is 0.569. The predicted octanol–water partition coefficient (Wildman–Crippen LogP) is 1.72. The fraction of sp³-hybridized carbons (Fsp3) is 1.00. The number of nitrogens with one attached hydrogen (secondary N) is 1. The Labute approximate surface area is 90.0 Å². The Morgan fingerprint density at radius 3 is 2.33 bits per heavy atom. The second kappa shape index (κ2) is 5.21.